The predicted molar refractivity (Wildman–Crippen MR) is 128 cm³/mol. The molecule has 1 fully saturated rings. The van der Waals surface area contributed by atoms with E-state index in [1.165, 1.54) is 12.0 Å². The lowest BCUT2D eigenvalue weighted by atomic mass is 10.1. The second-order valence-electron chi connectivity index (χ2n) is 8.50. The van der Waals surface area contributed by atoms with E-state index >= 15 is 0 Å². The molecule has 8 nitrogen and oxygen atoms in total. The lowest BCUT2D eigenvalue weighted by molar-refractivity contribution is -0.142. The van der Waals surface area contributed by atoms with Gasteiger partial charge in [0.2, 0.25) is 0 Å². The summed E-state index contributed by atoms with van der Waals surface area (Å²) in [5.41, 5.74) is -0.227. The molecule has 0 bridgehead atoms. The van der Waals surface area contributed by atoms with E-state index in [4.69, 9.17) is 4.74 Å². The number of fused-ring (bicyclic) bond motifs is 1. The highest BCUT2D eigenvalue weighted by Gasteiger charge is 2.36. The van der Waals surface area contributed by atoms with E-state index in [1.807, 2.05) is 6.07 Å². The summed E-state index contributed by atoms with van der Waals surface area (Å²) in [7, 11) is 1.49. The molecule has 1 aliphatic rings. The number of ether oxygens (including phenoxy) is 1. The highest BCUT2D eigenvalue weighted by Crippen LogP contribution is 2.33. The van der Waals surface area contributed by atoms with Gasteiger partial charge in [-0.25, -0.2) is 9.50 Å². The number of rotatable bonds is 4. The Morgan fingerprint density at radius 3 is 2.11 bits per heavy atom. The molecule has 37 heavy (non-hydrogen) atoms. The van der Waals surface area contributed by atoms with Gasteiger partial charge >= 0.3 is 6.18 Å². The summed E-state index contributed by atoms with van der Waals surface area (Å²) in [6.45, 7) is 1.08. The predicted octanol–water partition coefficient (Wildman–Crippen LogP) is 4.02. The molecule has 5 rings (SSSR count). The van der Waals surface area contributed by atoms with Crippen molar-refractivity contribution in [3.63, 3.8) is 0 Å². The molecule has 2 amide bonds. The molecule has 0 aliphatic carbocycles. The van der Waals surface area contributed by atoms with Crippen LogP contribution in [0.4, 0.5) is 13.2 Å². The van der Waals surface area contributed by atoms with Crippen molar-refractivity contribution in [2.24, 2.45) is 0 Å². The van der Waals surface area contributed by atoms with Crippen LogP contribution in [0.3, 0.4) is 0 Å². The van der Waals surface area contributed by atoms with Crippen LogP contribution < -0.4 is 4.74 Å². The lowest BCUT2D eigenvalue weighted by Crippen LogP contribution is -2.50. The van der Waals surface area contributed by atoms with Crippen LogP contribution in [0.2, 0.25) is 0 Å². The van der Waals surface area contributed by atoms with E-state index in [9.17, 15) is 22.8 Å². The third-order valence-electron chi connectivity index (χ3n) is 6.25. The zero-order valence-electron chi connectivity index (χ0n) is 19.8. The normalized spacial score (nSPS) is 14.2. The molecule has 0 N–H and O–H groups in total. The Morgan fingerprint density at radius 2 is 1.51 bits per heavy atom. The first-order valence-electron chi connectivity index (χ1n) is 11.5. The van der Waals surface area contributed by atoms with Gasteiger partial charge in [-0.1, -0.05) is 18.2 Å². The summed E-state index contributed by atoms with van der Waals surface area (Å²) in [5.74, 6) is -0.0791. The fraction of sp³-hybridized carbons (Fsp3) is 0.231. The average Bonchev–Trinajstić information content (AvgIpc) is 3.35. The van der Waals surface area contributed by atoms with Crippen molar-refractivity contribution in [2.45, 2.75) is 6.18 Å². The fourth-order valence-electron chi connectivity index (χ4n) is 4.27. The standard InChI is InChI=1S/C26H22F3N5O3/c1-37-19-9-7-17(8-10-19)21-15-22(26(27,28)29)34-23(31-21)20(16-30-34)25(36)33-13-11-32(12-14-33)24(35)18-5-3-2-4-6-18/h2-10,15-16H,11-14H2,1H3. The number of aromatic nitrogens is 3. The summed E-state index contributed by atoms with van der Waals surface area (Å²) < 4.78 is 47.5. The number of methoxy groups -OCH3 is 1. The Morgan fingerprint density at radius 1 is 0.892 bits per heavy atom. The van der Waals surface area contributed by atoms with Crippen molar-refractivity contribution >= 4 is 17.5 Å². The van der Waals surface area contributed by atoms with Gasteiger partial charge in [-0.05, 0) is 42.5 Å². The van der Waals surface area contributed by atoms with Gasteiger partial charge in [-0.15, -0.1) is 0 Å². The number of alkyl halides is 3. The molecule has 3 heterocycles. The minimum absolute atomic E-state index is 0.0382. The van der Waals surface area contributed by atoms with Crippen molar-refractivity contribution in [3.05, 3.63) is 83.7 Å². The number of amides is 2. The number of nitrogens with zero attached hydrogens (tertiary/aromatic N) is 5. The lowest BCUT2D eigenvalue weighted by Gasteiger charge is -2.34. The van der Waals surface area contributed by atoms with Crippen LogP contribution in [0, 0.1) is 0 Å². The third-order valence-corrected chi connectivity index (χ3v) is 6.25. The van der Waals surface area contributed by atoms with E-state index in [0.717, 1.165) is 12.3 Å². The van der Waals surface area contributed by atoms with Crippen molar-refractivity contribution in [3.8, 4) is 17.0 Å². The van der Waals surface area contributed by atoms with Crippen LogP contribution in [0.15, 0.2) is 66.9 Å². The Labute approximate surface area is 209 Å². The molecule has 2 aromatic heterocycles. The molecule has 4 aromatic rings. The highest BCUT2D eigenvalue weighted by atomic mass is 19.4. The SMILES string of the molecule is COc1ccc(-c2cc(C(F)(F)F)n3ncc(C(=O)N4CCN(C(=O)c5ccccc5)CC4)c3n2)cc1. The number of benzene rings is 2. The van der Waals surface area contributed by atoms with Crippen LogP contribution in [0.5, 0.6) is 5.75 Å². The van der Waals surface area contributed by atoms with Gasteiger partial charge in [0, 0.05) is 37.3 Å². The van der Waals surface area contributed by atoms with Gasteiger partial charge in [0.1, 0.15) is 11.3 Å². The Hall–Kier alpha value is -4.41. The zero-order valence-corrected chi connectivity index (χ0v) is 19.8. The summed E-state index contributed by atoms with van der Waals surface area (Å²) >= 11 is 0. The molecular weight excluding hydrogens is 487 g/mol. The van der Waals surface area contributed by atoms with E-state index in [1.54, 1.807) is 53.4 Å². The fourth-order valence-corrected chi connectivity index (χ4v) is 4.27. The molecule has 11 heteroatoms. The Balaban J connectivity index is 1.43. The van der Waals surface area contributed by atoms with E-state index < -0.39 is 17.8 Å². The van der Waals surface area contributed by atoms with Gasteiger partial charge in [0.05, 0.1) is 19.0 Å². The number of carbonyl (C=O) groups excluding carboxylic acids is 2. The second-order valence-corrected chi connectivity index (χ2v) is 8.50. The van der Waals surface area contributed by atoms with E-state index in [0.29, 0.717) is 34.5 Å². The minimum Gasteiger partial charge on any atom is -0.497 e. The van der Waals surface area contributed by atoms with Crippen molar-refractivity contribution in [2.75, 3.05) is 33.3 Å². The Bertz CT molecular complexity index is 1440. The van der Waals surface area contributed by atoms with Gasteiger partial charge < -0.3 is 14.5 Å². The number of carbonyl (C=O) groups is 2. The average molecular weight is 509 g/mol. The second kappa shape index (κ2) is 9.57. The molecule has 0 saturated carbocycles. The largest absolute Gasteiger partial charge is 0.497 e. The maximum atomic E-state index is 13.9. The summed E-state index contributed by atoms with van der Waals surface area (Å²) in [4.78, 5) is 33.6. The summed E-state index contributed by atoms with van der Waals surface area (Å²) in [6.07, 6.45) is -3.61. The number of piperazine rings is 1. The molecule has 1 saturated heterocycles. The first kappa shape index (κ1) is 24.3. The first-order valence-corrected chi connectivity index (χ1v) is 11.5. The molecule has 2 aromatic carbocycles. The van der Waals surface area contributed by atoms with Gasteiger partial charge in [0.15, 0.2) is 11.3 Å². The summed E-state index contributed by atoms with van der Waals surface area (Å²) in [6, 6.07) is 16.2. The van der Waals surface area contributed by atoms with Gasteiger partial charge in [0.25, 0.3) is 11.8 Å². The zero-order chi connectivity index (χ0) is 26.2. The Kier molecular flexibility index (Phi) is 6.28. The molecule has 0 spiro atoms. The number of hydrogen-bond acceptors (Lipinski definition) is 5. The van der Waals surface area contributed by atoms with Crippen molar-refractivity contribution in [1.82, 2.24) is 24.4 Å². The first-order chi connectivity index (χ1) is 17.8. The van der Waals surface area contributed by atoms with E-state index in [-0.39, 0.29) is 35.9 Å². The van der Waals surface area contributed by atoms with Gasteiger partial charge in [-0.3, -0.25) is 9.59 Å². The van der Waals surface area contributed by atoms with Crippen molar-refractivity contribution in [1.29, 1.82) is 0 Å². The number of hydrogen-bond donors (Lipinski definition) is 0. The topological polar surface area (TPSA) is 80.0 Å². The monoisotopic (exact) mass is 509 g/mol. The third kappa shape index (κ3) is 4.72. The van der Waals surface area contributed by atoms with Crippen LogP contribution in [-0.4, -0.2) is 69.5 Å². The van der Waals surface area contributed by atoms with Gasteiger partial charge in [-0.2, -0.15) is 18.3 Å². The quantitative estimate of drug-likeness (QED) is 0.415. The van der Waals surface area contributed by atoms with Crippen LogP contribution in [-0.2, 0) is 6.18 Å². The molecule has 0 radical (unpaired) electrons. The minimum atomic E-state index is -4.72. The summed E-state index contributed by atoms with van der Waals surface area (Å²) in [5, 5.41) is 3.85. The highest BCUT2D eigenvalue weighted by molar-refractivity contribution is 6.00. The van der Waals surface area contributed by atoms with Crippen molar-refractivity contribution < 1.29 is 27.5 Å². The molecule has 0 unspecified atom stereocenters. The number of halogens is 3. The molecule has 0 atom stereocenters. The maximum absolute atomic E-state index is 13.9. The van der Waals surface area contributed by atoms with E-state index in [2.05, 4.69) is 10.1 Å². The van der Waals surface area contributed by atoms with Crippen LogP contribution >= 0.6 is 0 Å². The maximum Gasteiger partial charge on any atom is 0.433 e. The van der Waals surface area contributed by atoms with Crippen LogP contribution in [0.1, 0.15) is 26.4 Å². The smallest absolute Gasteiger partial charge is 0.433 e. The molecular formula is C26H22F3N5O3. The van der Waals surface area contributed by atoms with Crippen LogP contribution in [0.25, 0.3) is 16.9 Å². The molecule has 1 aliphatic heterocycles. The molecule has 190 valence electrons.